The highest BCUT2D eigenvalue weighted by Crippen LogP contribution is 2.37. The van der Waals surface area contributed by atoms with Gasteiger partial charge in [0.2, 0.25) is 0 Å². The zero-order valence-corrected chi connectivity index (χ0v) is 13.7. The smallest absolute Gasteiger partial charge is 0.289 e. The van der Waals surface area contributed by atoms with Crippen molar-refractivity contribution in [2.45, 2.75) is 36.0 Å². The molecule has 1 atom stereocenters. The molecule has 0 aliphatic heterocycles. The minimum absolute atomic E-state index is 0.161. The fourth-order valence-electron chi connectivity index (χ4n) is 2.82. The molecule has 1 aliphatic carbocycles. The Labute approximate surface area is 143 Å². The molecule has 1 fully saturated rings. The second kappa shape index (κ2) is 6.77. The summed E-state index contributed by atoms with van der Waals surface area (Å²) in [6.45, 7) is 0. The number of pyridine rings is 1. The van der Waals surface area contributed by atoms with Crippen molar-refractivity contribution in [1.82, 2.24) is 0 Å². The zero-order valence-electron chi connectivity index (χ0n) is 12.8. The maximum absolute atomic E-state index is 12.1. The monoisotopic (exact) mass is 339 g/mol. The van der Waals surface area contributed by atoms with E-state index in [0.717, 1.165) is 19.3 Å². The highest BCUT2D eigenvalue weighted by Gasteiger charge is 2.30. The predicted octanol–water partition coefficient (Wildman–Crippen LogP) is 2.69. The van der Waals surface area contributed by atoms with E-state index in [9.17, 15) is 15.3 Å². The van der Waals surface area contributed by atoms with Crippen LogP contribution in [0.3, 0.4) is 0 Å². The molecule has 2 aromatic rings. The molecule has 0 spiro atoms. The topological polar surface area (TPSA) is 118 Å². The summed E-state index contributed by atoms with van der Waals surface area (Å²) in [5, 5.41) is 19.4. The molecular formula is C17H15N4O2S+. The lowest BCUT2D eigenvalue weighted by molar-refractivity contribution is -0.410. The molecule has 2 heterocycles. The van der Waals surface area contributed by atoms with Gasteiger partial charge in [0.1, 0.15) is 29.2 Å². The first-order valence-electron chi connectivity index (χ1n) is 7.58. The molecule has 0 bridgehead atoms. The first kappa shape index (κ1) is 16.1. The summed E-state index contributed by atoms with van der Waals surface area (Å²) in [7, 11) is 0. The normalized spacial score (nSPS) is 17.2. The SMILES string of the molecule is N#Cc1c(N)[nH+]c(S[C@@H]2CCCCC2=O)c(C#N)c1-c1ccco1. The molecular weight excluding hydrogens is 324 g/mol. The van der Waals surface area contributed by atoms with Crippen LogP contribution >= 0.6 is 11.8 Å². The number of anilines is 1. The Morgan fingerprint density at radius 3 is 2.71 bits per heavy atom. The number of aromatic nitrogens is 1. The summed E-state index contributed by atoms with van der Waals surface area (Å²) < 4.78 is 5.38. The van der Waals surface area contributed by atoms with E-state index in [4.69, 9.17) is 10.2 Å². The van der Waals surface area contributed by atoms with Gasteiger partial charge in [0.25, 0.3) is 5.82 Å². The molecule has 0 radical (unpaired) electrons. The van der Waals surface area contributed by atoms with E-state index in [1.807, 2.05) is 6.07 Å². The number of carbonyl (C=O) groups is 1. The van der Waals surface area contributed by atoms with E-state index in [1.165, 1.54) is 18.0 Å². The van der Waals surface area contributed by atoms with Crippen molar-refractivity contribution >= 4 is 23.4 Å². The number of aromatic amines is 1. The summed E-state index contributed by atoms with van der Waals surface area (Å²) in [5.41, 5.74) is 6.79. The summed E-state index contributed by atoms with van der Waals surface area (Å²) in [5.74, 6) is 0.750. The number of hydrogen-bond donors (Lipinski definition) is 1. The minimum Gasteiger partial charge on any atom is -0.464 e. The number of rotatable bonds is 3. The van der Waals surface area contributed by atoms with Gasteiger partial charge in [-0.15, -0.1) is 0 Å². The van der Waals surface area contributed by atoms with Gasteiger partial charge in [-0.3, -0.25) is 10.5 Å². The molecule has 0 aromatic carbocycles. The molecule has 24 heavy (non-hydrogen) atoms. The van der Waals surface area contributed by atoms with Crippen molar-refractivity contribution in [2.24, 2.45) is 0 Å². The average Bonchev–Trinajstić information content (AvgIpc) is 3.10. The van der Waals surface area contributed by atoms with Gasteiger partial charge in [-0.25, -0.2) is 4.98 Å². The Bertz CT molecular complexity index is 862. The lowest BCUT2D eigenvalue weighted by Gasteiger charge is -2.19. The number of nitrogens with zero attached hydrogens (tertiary/aromatic N) is 2. The van der Waals surface area contributed by atoms with Crippen LogP contribution in [0.4, 0.5) is 5.82 Å². The lowest BCUT2D eigenvalue weighted by atomic mass is 9.99. The molecule has 0 unspecified atom stereocenters. The third kappa shape index (κ3) is 2.86. The number of H-pyrrole nitrogens is 1. The number of carbonyl (C=O) groups excluding carboxylic acids is 1. The van der Waals surface area contributed by atoms with Gasteiger partial charge in [0.05, 0.1) is 17.1 Å². The Balaban J connectivity index is 2.12. The first-order valence-corrected chi connectivity index (χ1v) is 8.46. The molecule has 1 aliphatic rings. The molecule has 3 rings (SSSR count). The van der Waals surface area contributed by atoms with E-state index < -0.39 is 0 Å². The van der Waals surface area contributed by atoms with Gasteiger partial charge in [-0.2, -0.15) is 10.5 Å². The van der Waals surface area contributed by atoms with Crippen LogP contribution in [0.2, 0.25) is 0 Å². The van der Waals surface area contributed by atoms with Crippen molar-refractivity contribution in [1.29, 1.82) is 10.5 Å². The molecule has 120 valence electrons. The molecule has 0 saturated heterocycles. The number of nitriles is 2. The van der Waals surface area contributed by atoms with Crippen LogP contribution in [-0.2, 0) is 4.79 Å². The first-order chi connectivity index (χ1) is 11.7. The van der Waals surface area contributed by atoms with Crippen LogP contribution in [0.5, 0.6) is 0 Å². The highest BCUT2D eigenvalue weighted by atomic mass is 32.2. The molecule has 7 heteroatoms. The van der Waals surface area contributed by atoms with Crippen LogP contribution < -0.4 is 10.7 Å². The summed E-state index contributed by atoms with van der Waals surface area (Å²) >= 11 is 1.31. The number of nitrogens with one attached hydrogen (secondary N) is 1. The number of nitrogens with two attached hydrogens (primary N) is 1. The Morgan fingerprint density at radius 2 is 2.08 bits per heavy atom. The zero-order chi connectivity index (χ0) is 17.1. The number of hydrogen-bond acceptors (Lipinski definition) is 6. The van der Waals surface area contributed by atoms with Crippen molar-refractivity contribution < 1.29 is 14.2 Å². The van der Waals surface area contributed by atoms with E-state index in [-0.39, 0.29) is 28.0 Å². The quantitative estimate of drug-likeness (QED) is 0.918. The van der Waals surface area contributed by atoms with E-state index in [1.54, 1.807) is 12.1 Å². The van der Waals surface area contributed by atoms with Crippen LogP contribution in [0.25, 0.3) is 11.3 Å². The highest BCUT2D eigenvalue weighted by molar-refractivity contribution is 8.00. The van der Waals surface area contributed by atoms with Gasteiger partial charge < -0.3 is 4.42 Å². The van der Waals surface area contributed by atoms with E-state index >= 15 is 0 Å². The fraction of sp³-hybridized carbons (Fsp3) is 0.294. The van der Waals surface area contributed by atoms with Crippen molar-refractivity contribution in [3.8, 4) is 23.5 Å². The maximum Gasteiger partial charge on any atom is 0.289 e. The number of thioether (sulfide) groups is 1. The molecule has 3 N–H and O–H groups in total. The largest absolute Gasteiger partial charge is 0.464 e. The second-order valence-corrected chi connectivity index (χ2v) is 6.73. The predicted molar refractivity (Wildman–Crippen MR) is 87.7 cm³/mol. The molecule has 2 aromatic heterocycles. The third-order valence-corrected chi connectivity index (χ3v) is 5.32. The molecule has 1 saturated carbocycles. The van der Waals surface area contributed by atoms with Gasteiger partial charge >= 0.3 is 0 Å². The van der Waals surface area contributed by atoms with Crippen molar-refractivity contribution in [3.05, 3.63) is 29.5 Å². The Hall–Kier alpha value is -2.77. The minimum atomic E-state index is -0.195. The van der Waals surface area contributed by atoms with Gasteiger partial charge in [-0.1, -0.05) is 18.2 Å². The Kier molecular flexibility index (Phi) is 4.54. The van der Waals surface area contributed by atoms with Crippen LogP contribution in [0.15, 0.2) is 27.8 Å². The Morgan fingerprint density at radius 1 is 1.29 bits per heavy atom. The van der Waals surface area contributed by atoms with E-state index in [0.29, 0.717) is 22.8 Å². The maximum atomic E-state index is 12.1. The summed E-state index contributed by atoms with van der Waals surface area (Å²) in [6.07, 6.45) is 4.72. The number of Topliss-reactive ketones (excluding diaryl/α,β-unsaturated/α-hetero) is 1. The van der Waals surface area contributed by atoms with Crippen LogP contribution in [0.1, 0.15) is 36.8 Å². The number of nitrogen functional groups attached to an aromatic ring is 1. The number of ketones is 1. The lowest BCUT2D eigenvalue weighted by Crippen LogP contribution is -2.25. The van der Waals surface area contributed by atoms with Crippen molar-refractivity contribution in [3.63, 3.8) is 0 Å². The summed E-state index contributed by atoms with van der Waals surface area (Å²) in [6, 6.07) is 7.51. The standard InChI is InChI=1S/C17H14N4O2S/c18-8-10-15(13-5-3-7-23-13)11(9-19)17(21-16(10)20)24-14-6-2-1-4-12(14)22/h3,5,7,14H,1-2,4,6H2,(H2,20,21)/p+1/t14-/m1/s1. The van der Waals surface area contributed by atoms with E-state index in [2.05, 4.69) is 11.1 Å². The molecule has 0 amide bonds. The van der Waals surface area contributed by atoms with Gasteiger partial charge in [0, 0.05) is 6.42 Å². The van der Waals surface area contributed by atoms with Gasteiger partial charge in [-0.05, 0) is 25.0 Å². The van der Waals surface area contributed by atoms with Crippen molar-refractivity contribution in [2.75, 3.05) is 5.73 Å². The summed E-state index contributed by atoms with van der Waals surface area (Å²) in [4.78, 5) is 15.0. The second-order valence-electron chi connectivity index (χ2n) is 5.51. The van der Waals surface area contributed by atoms with Gasteiger partial charge in [0.15, 0.2) is 10.6 Å². The fourth-order valence-corrected chi connectivity index (χ4v) is 4.07. The van der Waals surface area contributed by atoms with Crippen LogP contribution in [0, 0.1) is 22.7 Å². The van der Waals surface area contributed by atoms with Crippen LogP contribution in [-0.4, -0.2) is 11.0 Å². The third-order valence-electron chi connectivity index (χ3n) is 3.99. The number of furan rings is 1. The average molecular weight is 339 g/mol. The molecule has 6 nitrogen and oxygen atoms in total.